The topological polar surface area (TPSA) is 77.5 Å². The molecule has 8 heteroatoms. The van der Waals surface area contributed by atoms with Crippen molar-refractivity contribution in [1.29, 1.82) is 0 Å². The van der Waals surface area contributed by atoms with Crippen molar-refractivity contribution in [3.63, 3.8) is 0 Å². The van der Waals surface area contributed by atoms with Gasteiger partial charge in [-0.3, -0.25) is 9.36 Å². The van der Waals surface area contributed by atoms with Gasteiger partial charge in [-0.15, -0.1) is 0 Å². The van der Waals surface area contributed by atoms with Crippen LogP contribution in [0.2, 0.25) is 0 Å². The largest absolute Gasteiger partial charge is 0.406 e. The monoisotopic (exact) mass is 666 g/mol. The Bertz CT molecular complexity index is 703. The minimum atomic E-state index is -3.39. The number of carbonyl (C=O) groups excluding carboxylic acids is 2. The summed E-state index contributed by atoms with van der Waals surface area (Å²) in [4.78, 5) is 26.6. The van der Waals surface area contributed by atoms with Crippen LogP contribution in [0.4, 0.5) is 0 Å². The van der Waals surface area contributed by atoms with Crippen LogP contribution in [0.25, 0.3) is 0 Å². The van der Waals surface area contributed by atoms with E-state index >= 15 is 0 Å². The van der Waals surface area contributed by atoms with Crippen LogP contribution < -0.4 is 0 Å². The van der Waals surface area contributed by atoms with E-state index in [4.69, 9.17) is 4.52 Å². The maximum Gasteiger partial charge on any atom is 0.387 e. The molecule has 0 spiro atoms. The van der Waals surface area contributed by atoms with Crippen molar-refractivity contribution in [1.82, 2.24) is 0 Å². The maximum atomic E-state index is 14.0. The van der Waals surface area contributed by atoms with E-state index in [-0.39, 0.29) is 34.0 Å². The summed E-state index contributed by atoms with van der Waals surface area (Å²) in [6.07, 6.45) is 26.3. The first-order valence-corrected chi connectivity index (χ1v) is 21.8. The van der Waals surface area contributed by atoms with E-state index in [1.807, 2.05) is 0 Å². The summed E-state index contributed by atoms with van der Waals surface area (Å²) in [6.45, 7) is 8.72. The first-order chi connectivity index (χ1) is 19.8. The third-order valence-electron chi connectivity index (χ3n) is 8.24. The average Bonchev–Trinajstić information content (AvgIpc) is 2.96. The van der Waals surface area contributed by atoms with Crippen LogP contribution in [0.1, 0.15) is 182 Å². The third kappa shape index (κ3) is 23.7. The van der Waals surface area contributed by atoms with Gasteiger partial charge < -0.3 is 9.09 Å². The molecule has 0 unspecified atom stereocenters. The van der Waals surface area contributed by atoms with E-state index in [9.17, 15) is 18.7 Å². The predicted molar refractivity (Wildman–Crippen MR) is 179 cm³/mol. The molecule has 0 aliphatic carbocycles. The van der Waals surface area contributed by atoms with Crippen LogP contribution in [0.5, 0.6) is 0 Å². The summed E-state index contributed by atoms with van der Waals surface area (Å²) in [5.74, 6) is -1.08. The second-order valence-corrected chi connectivity index (χ2v) is 18.1. The maximum absolute atomic E-state index is 14.0. The zero-order chi connectivity index (χ0) is 30.7. The van der Waals surface area contributed by atoms with E-state index in [1.54, 1.807) is 0 Å². The van der Waals surface area contributed by atoms with E-state index in [2.05, 4.69) is 27.7 Å². The van der Waals surface area contributed by atoms with Gasteiger partial charge in [-0.25, -0.2) is 4.79 Å². The Morgan fingerprint density at radius 1 is 0.429 bits per heavy atom. The number of unbranched alkanes of at least 4 members (excludes halogenated alkanes) is 20. The Morgan fingerprint density at radius 2 is 0.690 bits per heavy atom. The van der Waals surface area contributed by atoms with E-state index < -0.39 is 26.0 Å². The minimum absolute atomic E-state index is 0. The Labute approximate surface area is 276 Å². The van der Waals surface area contributed by atoms with Gasteiger partial charge in [0.15, 0.2) is 7.14 Å². The molecule has 0 fully saturated rings. The van der Waals surface area contributed by atoms with Gasteiger partial charge in [-0.1, -0.05) is 156 Å². The smallest absolute Gasteiger partial charge is 0.387 e. The molecule has 0 amide bonds. The molecule has 5 nitrogen and oxygen atoms in total. The summed E-state index contributed by atoms with van der Waals surface area (Å²) < 4.78 is 33.5. The average molecular weight is 667 g/mol. The molecule has 0 aliphatic rings. The first kappa shape index (κ1) is 44.4. The van der Waals surface area contributed by atoms with Gasteiger partial charge in [0.05, 0.1) is 0 Å². The fourth-order valence-electron chi connectivity index (χ4n) is 5.44. The normalized spacial score (nSPS) is 11.8. The Kier molecular flexibility index (Phi) is 31.7. The molecule has 0 aliphatic heterocycles. The molecule has 0 heterocycles. The third-order valence-corrected chi connectivity index (χ3v) is 13.7. The van der Waals surface area contributed by atoms with Crippen LogP contribution in [-0.2, 0) is 45.0 Å². The summed E-state index contributed by atoms with van der Waals surface area (Å²) in [6, 6.07) is 0. The molecule has 0 rings (SSSR count). The number of hydrogen-bond donors (Lipinski definition) is 0. The molecule has 0 aromatic heterocycles. The van der Waals surface area contributed by atoms with Crippen molar-refractivity contribution in [3.05, 3.63) is 0 Å². The van der Waals surface area contributed by atoms with Gasteiger partial charge >= 0.3 is 5.97 Å². The second kappa shape index (κ2) is 30.0. The molecule has 0 aromatic rings. The number of rotatable bonds is 31. The van der Waals surface area contributed by atoms with Gasteiger partial charge in [0, 0.05) is 46.4 Å². The van der Waals surface area contributed by atoms with Crippen LogP contribution in [0.3, 0.4) is 0 Å². The van der Waals surface area contributed by atoms with Gasteiger partial charge in [0.1, 0.15) is 0 Å². The zero-order valence-corrected chi connectivity index (χ0v) is 31.6. The van der Waals surface area contributed by atoms with Gasteiger partial charge in [0.25, 0.3) is 12.9 Å². The van der Waals surface area contributed by atoms with Gasteiger partial charge in [-0.2, -0.15) is 0 Å². The van der Waals surface area contributed by atoms with Crippen molar-refractivity contribution < 1.29 is 45.0 Å². The molecule has 0 bridgehead atoms. The Morgan fingerprint density at radius 3 is 1.00 bits per heavy atom. The minimum Gasteiger partial charge on any atom is -0.406 e. The Hall–Kier alpha value is 0.314. The first-order valence-electron chi connectivity index (χ1n) is 17.7. The number of hydrogen-bond acceptors (Lipinski definition) is 5. The second-order valence-electron chi connectivity index (χ2n) is 12.4. The van der Waals surface area contributed by atoms with Crippen molar-refractivity contribution in [2.24, 2.45) is 0 Å². The number of carbonyl (C=O) groups is 2. The summed E-state index contributed by atoms with van der Waals surface area (Å²) in [5, 5.41) is 0. The van der Waals surface area contributed by atoms with Crippen LogP contribution in [0, 0.1) is 0 Å². The predicted octanol–water partition coefficient (Wildman–Crippen LogP) is 12.1. The van der Waals surface area contributed by atoms with Crippen LogP contribution in [0.15, 0.2) is 0 Å². The molecular formula is C34H68O5P2Ti. The zero-order valence-electron chi connectivity index (χ0n) is 28.2. The van der Waals surface area contributed by atoms with Crippen molar-refractivity contribution in [2.75, 3.05) is 24.6 Å². The standard InChI is InChI=1S/C34H68O5P2.Ti/c1-5-9-13-17-21-25-29-40(37,30-26-22-18-14-10-6-2)34(36)33(35)39-41(38,31-27-23-19-15-11-7-3)32-28-24-20-16-12-8-4;/h5-32H2,1-4H3;. The molecule has 0 saturated carbocycles. The van der Waals surface area contributed by atoms with Gasteiger partial charge in [0.2, 0.25) is 0 Å². The molecule has 0 N–H and O–H groups in total. The SMILES string of the molecule is CCCCCCCCP(=O)(CCCCCCCC)OC(=O)C(=O)P(=O)(CCCCCCCC)CCCCCCCC.[Ti]. The van der Waals surface area contributed by atoms with Crippen molar-refractivity contribution in [3.8, 4) is 0 Å². The van der Waals surface area contributed by atoms with Crippen LogP contribution >= 0.6 is 14.5 Å². The van der Waals surface area contributed by atoms with Gasteiger partial charge in [-0.05, 0) is 25.7 Å². The molecule has 0 aromatic carbocycles. The van der Waals surface area contributed by atoms with E-state index in [0.717, 1.165) is 89.9 Å². The van der Waals surface area contributed by atoms with E-state index in [0.29, 0.717) is 25.2 Å². The molecule has 0 atom stereocenters. The summed E-state index contributed by atoms with van der Waals surface area (Å²) >= 11 is 0. The molecule has 0 radical (unpaired) electrons. The molecular weight excluding hydrogens is 598 g/mol. The van der Waals surface area contributed by atoms with Crippen LogP contribution in [-0.4, -0.2) is 36.1 Å². The molecule has 42 heavy (non-hydrogen) atoms. The van der Waals surface area contributed by atoms with E-state index in [1.165, 1.54) is 51.4 Å². The molecule has 248 valence electrons. The fourth-order valence-corrected chi connectivity index (χ4v) is 10.2. The Balaban J connectivity index is 0. The fraction of sp³-hybridized carbons (Fsp3) is 0.941. The van der Waals surface area contributed by atoms with Crippen molar-refractivity contribution in [2.45, 2.75) is 182 Å². The quantitative estimate of drug-likeness (QED) is 0.0318. The summed E-state index contributed by atoms with van der Waals surface area (Å²) in [7, 11) is -6.68. The van der Waals surface area contributed by atoms with Crippen molar-refractivity contribution >= 4 is 26.0 Å². The summed E-state index contributed by atoms with van der Waals surface area (Å²) in [5.41, 5.74) is -0.870. The molecule has 0 saturated heterocycles.